The molecule has 1 saturated heterocycles. The van der Waals surface area contributed by atoms with E-state index in [1.165, 1.54) is 12.1 Å². The van der Waals surface area contributed by atoms with Crippen LogP contribution in [0.5, 0.6) is 0 Å². The Balaban J connectivity index is 2.35. The van der Waals surface area contributed by atoms with Gasteiger partial charge in [-0.15, -0.1) is 0 Å². The first-order valence-corrected chi connectivity index (χ1v) is 5.80. The Kier molecular flexibility index (Phi) is 3.40. The number of halogens is 3. The van der Waals surface area contributed by atoms with Gasteiger partial charge >= 0.3 is 6.18 Å². The fraction of sp³-hybridized carbons (Fsp3) is 0.462. The quantitative estimate of drug-likeness (QED) is 0.841. The van der Waals surface area contributed by atoms with E-state index in [0.29, 0.717) is 0 Å². The van der Waals surface area contributed by atoms with Crippen LogP contribution in [-0.2, 0) is 10.9 Å². The molecule has 1 aromatic carbocycles. The van der Waals surface area contributed by atoms with E-state index in [1.54, 1.807) is 6.92 Å². The molecule has 2 unspecified atom stereocenters. The van der Waals surface area contributed by atoms with Crippen molar-refractivity contribution in [1.29, 1.82) is 0 Å². The number of carbonyl (C=O) groups excluding carboxylic acids is 1. The summed E-state index contributed by atoms with van der Waals surface area (Å²) in [6, 6.07) is 3.88. The molecule has 1 fully saturated rings. The topological polar surface area (TPSA) is 52.3 Å². The Morgan fingerprint density at radius 3 is 2.68 bits per heavy atom. The van der Waals surface area contributed by atoms with E-state index in [1.807, 2.05) is 0 Å². The second kappa shape index (κ2) is 4.61. The maximum atomic E-state index is 12.6. The van der Waals surface area contributed by atoms with E-state index in [-0.39, 0.29) is 18.8 Å². The molecule has 0 aromatic heterocycles. The predicted octanol–water partition coefficient (Wildman–Crippen LogP) is 2.25. The van der Waals surface area contributed by atoms with Crippen molar-refractivity contribution in [2.24, 2.45) is 11.1 Å². The van der Waals surface area contributed by atoms with Gasteiger partial charge in [-0.25, -0.2) is 0 Å². The lowest BCUT2D eigenvalue weighted by Crippen LogP contribution is -2.44. The Labute approximate surface area is 108 Å². The molecule has 19 heavy (non-hydrogen) atoms. The van der Waals surface area contributed by atoms with E-state index in [9.17, 15) is 18.0 Å². The highest BCUT2D eigenvalue weighted by molar-refractivity contribution is 6.01. The second-order valence-corrected chi connectivity index (χ2v) is 4.95. The smallest absolute Gasteiger partial charge is 0.379 e. The lowest BCUT2D eigenvalue weighted by Gasteiger charge is -2.25. The Morgan fingerprint density at radius 1 is 1.47 bits per heavy atom. The molecule has 0 bridgehead atoms. The summed E-state index contributed by atoms with van der Waals surface area (Å²) in [5, 5.41) is 0. The van der Waals surface area contributed by atoms with Crippen LogP contribution in [0.4, 0.5) is 13.2 Å². The molecule has 3 nitrogen and oxygen atoms in total. The summed E-state index contributed by atoms with van der Waals surface area (Å²) in [6.45, 7) is 1.98. The molecule has 0 aliphatic carbocycles. The number of hydrogen-bond donors (Lipinski definition) is 1. The zero-order chi connectivity index (χ0) is 14.3. The highest BCUT2D eigenvalue weighted by Gasteiger charge is 2.44. The molecule has 0 saturated carbocycles. The lowest BCUT2D eigenvalue weighted by molar-refractivity contribution is -0.137. The van der Waals surface area contributed by atoms with Crippen LogP contribution in [0.25, 0.3) is 0 Å². The van der Waals surface area contributed by atoms with Gasteiger partial charge in [0.2, 0.25) is 0 Å². The molecule has 0 spiro atoms. The zero-order valence-corrected chi connectivity index (χ0v) is 10.3. The van der Waals surface area contributed by atoms with E-state index in [4.69, 9.17) is 10.5 Å². The van der Waals surface area contributed by atoms with Crippen molar-refractivity contribution in [2.75, 3.05) is 13.2 Å². The largest absolute Gasteiger partial charge is 0.416 e. The third kappa shape index (κ3) is 2.50. The average Bonchev–Trinajstić information content (AvgIpc) is 2.69. The van der Waals surface area contributed by atoms with E-state index >= 15 is 0 Å². The minimum atomic E-state index is -4.47. The van der Waals surface area contributed by atoms with Crippen LogP contribution in [0, 0.1) is 5.41 Å². The molecular weight excluding hydrogens is 259 g/mol. The summed E-state index contributed by atoms with van der Waals surface area (Å²) < 4.78 is 43.0. The Hall–Kier alpha value is -1.40. The number of Topliss-reactive ketones (excluding diaryl/α,β-unsaturated/α-hetero) is 1. The number of rotatable bonds is 2. The Bertz CT molecular complexity index is 501. The first kappa shape index (κ1) is 14.0. The summed E-state index contributed by atoms with van der Waals surface area (Å²) in [6.07, 6.45) is -4.47. The summed E-state index contributed by atoms with van der Waals surface area (Å²) in [5.41, 5.74) is 4.01. The molecule has 2 atom stereocenters. The fourth-order valence-electron chi connectivity index (χ4n) is 2.09. The molecule has 0 radical (unpaired) electrons. The SMILES string of the molecule is CC1(C(=O)c2cccc(C(F)(F)F)c2)COCC1N. The van der Waals surface area contributed by atoms with Crippen molar-refractivity contribution in [3.63, 3.8) is 0 Å². The van der Waals surface area contributed by atoms with E-state index < -0.39 is 29.0 Å². The molecular formula is C13H14F3NO2. The average molecular weight is 273 g/mol. The van der Waals surface area contributed by atoms with Crippen LogP contribution in [0.2, 0.25) is 0 Å². The third-order valence-corrected chi connectivity index (χ3v) is 3.49. The van der Waals surface area contributed by atoms with Gasteiger partial charge < -0.3 is 10.5 Å². The van der Waals surface area contributed by atoms with Crippen molar-refractivity contribution in [3.05, 3.63) is 35.4 Å². The molecule has 1 aliphatic rings. The zero-order valence-electron chi connectivity index (χ0n) is 10.3. The van der Waals surface area contributed by atoms with Gasteiger partial charge in [-0.2, -0.15) is 13.2 Å². The molecule has 6 heteroatoms. The first-order valence-electron chi connectivity index (χ1n) is 5.80. The van der Waals surface area contributed by atoms with Gasteiger partial charge in [-0.1, -0.05) is 12.1 Å². The number of nitrogens with two attached hydrogens (primary N) is 1. The number of hydrogen-bond acceptors (Lipinski definition) is 3. The van der Waals surface area contributed by atoms with Gasteiger partial charge in [0, 0.05) is 11.6 Å². The van der Waals surface area contributed by atoms with Gasteiger partial charge in [0.05, 0.1) is 24.2 Å². The first-order chi connectivity index (χ1) is 8.75. The van der Waals surface area contributed by atoms with Crippen LogP contribution >= 0.6 is 0 Å². The third-order valence-electron chi connectivity index (χ3n) is 3.49. The summed E-state index contributed by atoms with van der Waals surface area (Å²) in [4.78, 5) is 12.3. The van der Waals surface area contributed by atoms with Crippen molar-refractivity contribution in [2.45, 2.75) is 19.1 Å². The lowest BCUT2D eigenvalue weighted by atomic mass is 9.78. The van der Waals surface area contributed by atoms with Crippen molar-refractivity contribution in [3.8, 4) is 0 Å². The van der Waals surface area contributed by atoms with E-state index in [0.717, 1.165) is 12.1 Å². The van der Waals surface area contributed by atoms with Crippen LogP contribution in [-0.4, -0.2) is 25.0 Å². The minimum absolute atomic E-state index is 0.0123. The number of benzene rings is 1. The van der Waals surface area contributed by atoms with Crippen molar-refractivity contribution >= 4 is 5.78 Å². The molecule has 2 rings (SSSR count). The monoisotopic (exact) mass is 273 g/mol. The maximum Gasteiger partial charge on any atom is 0.416 e. The molecule has 104 valence electrons. The summed E-state index contributed by atoms with van der Waals surface area (Å²) in [7, 11) is 0. The van der Waals surface area contributed by atoms with Crippen LogP contribution in [0.1, 0.15) is 22.8 Å². The molecule has 2 N–H and O–H groups in total. The molecule has 1 aromatic rings. The number of alkyl halides is 3. The van der Waals surface area contributed by atoms with Gasteiger partial charge in [-0.3, -0.25) is 4.79 Å². The van der Waals surface area contributed by atoms with Gasteiger partial charge in [0.1, 0.15) is 0 Å². The van der Waals surface area contributed by atoms with E-state index in [2.05, 4.69) is 0 Å². The number of ketones is 1. The van der Waals surface area contributed by atoms with Crippen LogP contribution < -0.4 is 5.73 Å². The van der Waals surface area contributed by atoms with Crippen molar-refractivity contribution < 1.29 is 22.7 Å². The highest BCUT2D eigenvalue weighted by atomic mass is 19.4. The summed E-state index contributed by atoms with van der Waals surface area (Å²) >= 11 is 0. The molecule has 1 heterocycles. The van der Waals surface area contributed by atoms with Crippen LogP contribution in [0.15, 0.2) is 24.3 Å². The predicted molar refractivity (Wildman–Crippen MR) is 62.7 cm³/mol. The maximum absolute atomic E-state index is 12.6. The fourth-order valence-corrected chi connectivity index (χ4v) is 2.09. The summed E-state index contributed by atoms with van der Waals surface area (Å²) in [5.74, 6) is -0.413. The second-order valence-electron chi connectivity index (χ2n) is 4.95. The van der Waals surface area contributed by atoms with Crippen LogP contribution in [0.3, 0.4) is 0 Å². The normalized spacial score (nSPS) is 27.5. The highest BCUT2D eigenvalue weighted by Crippen LogP contribution is 2.34. The number of carbonyl (C=O) groups is 1. The number of ether oxygens (including phenoxy) is 1. The van der Waals surface area contributed by atoms with Gasteiger partial charge in [0.25, 0.3) is 0 Å². The van der Waals surface area contributed by atoms with Gasteiger partial charge in [-0.05, 0) is 19.1 Å². The molecule has 0 amide bonds. The minimum Gasteiger partial charge on any atom is -0.379 e. The van der Waals surface area contributed by atoms with Crippen molar-refractivity contribution in [1.82, 2.24) is 0 Å². The van der Waals surface area contributed by atoms with Gasteiger partial charge in [0.15, 0.2) is 5.78 Å². The Morgan fingerprint density at radius 2 is 2.16 bits per heavy atom. The molecule has 1 aliphatic heterocycles. The standard InChI is InChI=1S/C13H14F3NO2/c1-12(7-19-6-10(12)17)11(18)8-3-2-4-9(5-8)13(14,15)16/h2-5,10H,6-7,17H2,1H3.